The van der Waals surface area contributed by atoms with Crippen LogP contribution < -0.4 is 9.64 Å². The largest absolute Gasteiger partial charge is 0.456 e. The Morgan fingerprint density at radius 3 is 1.65 bits per heavy atom. The predicted molar refractivity (Wildman–Crippen MR) is 175 cm³/mol. The van der Waals surface area contributed by atoms with Gasteiger partial charge in [-0.3, -0.25) is 0 Å². The number of fused-ring (bicyclic) bond motifs is 2. The van der Waals surface area contributed by atoms with Crippen LogP contribution in [-0.2, 0) is 0 Å². The van der Waals surface area contributed by atoms with Crippen molar-refractivity contribution in [3.8, 4) is 44.9 Å². The number of benzene rings is 7. The molecule has 204 valence electrons. The quantitative estimate of drug-likeness (QED) is 0.209. The highest BCUT2D eigenvalue weighted by atomic mass is 19.1. The lowest BCUT2D eigenvalue weighted by atomic mass is 9.93. The van der Waals surface area contributed by atoms with Crippen molar-refractivity contribution < 1.29 is 9.13 Å². The van der Waals surface area contributed by atoms with Crippen LogP contribution in [0.1, 0.15) is 0 Å². The fourth-order valence-electron chi connectivity index (χ4n) is 6.02. The van der Waals surface area contributed by atoms with E-state index in [1.54, 1.807) is 0 Å². The van der Waals surface area contributed by atoms with E-state index in [2.05, 4.69) is 120 Å². The number of halogens is 1. The minimum Gasteiger partial charge on any atom is -0.456 e. The third kappa shape index (κ3) is 4.52. The second-order valence-electron chi connectivity index (χ2n) is 10.7. The zero-order chi connectivity index (χ0) is 28.8. The lowest BCUT2D eigenvalue weighted by molar-refractivity contribution is 0.487. The lowest BCUT2D eigenvalue weighted by Gasteiger charge is -2.26. The Bertz CT molecular complexity index is 2080. The molecule has 0 N–H and O–H groups in total. The molecule has 8 rings (SSSR count). The zero-order valence-electron chi connectivity index (χ0n) is 23.2. The second-order valence-corrected chi connectivity index (χ2v) is 10.7. The summed E-state index contributed by atoms with van der Waals surface area (Å²) < 4.78 is 19.9. The standard InChI is InChI=1S/C40H26FNO/c41-32-19-12-27(13-20-32)28-14-21-34(22-15-28)42(33-8-2-1-3-9-33)35-23-16-29(17-24-35)31-18-25-36-37-10-4-6-30-7-5-11-38(40(30)37)43-39(36)26-31/h1-26H. The summed E-state index contributed by atoms with van der Waals surface area (Å²) in [6.45, 7) is 0. The van der Waals surface area contributed by atoms with Crippen LogP contribution in [0.5, 0.6) is 11.5 Å². The van der Waals surface area contributed by atoms with Crippen molar-refractivity contribution >= 4 is 27.8 Å². The Morgan fingerprint density at radius 1 is 0.419 bits per heavy atom. The molecule has 1 aliphatic heterocycles. The maximum Gasteiger partial charge on any atom is 0.135 e. The van der Waals surface area contributed by atoms with Crippen molar-refractivity contribution in [2.75, 3.05) is 4.90 Å². The van der Waals surface area contributed by atoms with Gasteiger partial charge in [0, 0.05) is 28.0 Å². The molecule has 0 amide bonds. The van der Waals surface area contributed by atoms with Crippen LogP contribution in [0, 0.1) is 5.82 Å². The Balaban J connectivity index is 1.13. The molecule has 0 saturated carbocycles. The van der Waals surface area contributed by atoms with E-state index < -0.39 is 0 Å². The third-order valence-electron chi connectivity index (χ3n) is 8.13. The van der Waals surface area contributed by atoms with Crippen molar-refractivity contribution in [1.82, 2.24) is 0 Å². The molecule has 0 saturated heterocycles. The molecule has 1 aliphatic rings. The van der Waals surface area contributed by atoms with E-state index in [1.165, 1.54) is 28.5 Å². The van der Waals surface area contributed by atoms with E-state index in [0.717, 1.165) is 56.4 Å². The van der Waals surface area contributed by atoms with E-state index >= 15 is 0 Å². The molecule has 0 fully saturated rings. The van der Waals surface area contributed by atoms with Crippen LogP contribution in [0.2, 0.25) is 0 Å². The summed E-state index contributed by atoms with van der Waals surface area (Å²) in [5.41, 5.74) is 9.74. The molecule has 0 atom stereocenters. The first-order chi connectivity index (χ1) is 21.2. The van der Waals surface area contributed by atoms with E-state index in [1.807, 2.05) is 30.3 Å². The van der Waals surface area contributed by atoms with Gasteiger partial charge in [0.2, 0.25) is 0 Å². The summed E-state index contributed by atoms with van der Waals surface area (Å²) in [6, 6.07) is 53.1. The number of hydrogen-bond donors (Lipinski definition) is 0. The van der Waals surface area contributed by atoms with Gasteiger partial charge in [0.15, 0.2) is 0 Å². The molecule has 43 heavy (non-hydrogen) atoms. The minimum atomic E-state index is -0.232. The fraction of sp³-hybridized carbons (Fsp3) is 0. The van der Waals surface area contributed by atoms with Crippen LogP contribution in [0.3, 0.4) is 0 Å². The SMILES string of the molecule is Fc1ccc(-c2ccc(N(c3ccccc3)c3ccc(-c4ccc5c(c4)Oc4cccc6cccc-5c46)cc3)cc2)cc1. The normalized spacial score (nSPS) is 11.6. The molecular formula is C40H26FNO. The Kier molecular flexibility index (Phi) is 6.01. The molecule has 0 aliphatic carbocycles. The van der Waals surface area contributed by atoms with Gasteiger partial charge in [0.25, 0.3) is 0 Å². The summed E-state index contributed by atoms with van der Waals surface area (Å²) in [5, 5.41) is 2.36. The number of para-hydroxylation sites is 1. The predicted octanol–water partition coefficient (Wildman–Crippen LogP) is 11.6. The average Bonchev–Trinajstić information content (AvgIpc) is 3.06. The summed E-state index contributed by atoms with van der Waals surface area (Å²) in [4.78, 5) is 2.24. The van der Waals surface area contributed by atoms with E-state index in [9.17, 15) is 4.39 Å². The van der Waals surface area contributed by atoms with Crippen LogP contribution in [0.4, 0.5) is 21.5 Å². The van der Waals surface area contributed by atoms with Crippen molar-refractivity contribution in [2.45, 2.75) is 0 Å². The van der Waals surface area contributed by atoms with Gasteiger partial charge < -0.3 is 9.64 Å². The molecule has 7 aromatic rings. The topological polar surface area (TPSA) is 12.5 Å². The van der Waals surface area contributed by atoms with Gasteiger partial charge in [-0.2, -0.15) is 0 Å². The van der Waals surface area contributed by atoms with Gasteiger partial charge in [-0.15, -0.1) is 0 Å². The second kappa shape index (κ2) is 10.3. The van der Waals surface area contributed by atoms with E-state index in [0.29, 0.717) is 0 Å². The lowest BCUT2D eigenvalue weighted by Crippen LogP contribution is -2.09. The molecule has 0 spiro atoms. The molecule has 0 radical (unpaired) electrons. The molecule has 2 nitrogen and oxygen atoms in total. The number of hydrogen-bond acceptors (Lipinski definition) is 2. The summed E-state index contributed by atoms with van der Waals surface area (Å²) in [7, 11) is 0. The fourth-order valence-corrected chi connectivity index (χ4v) is 6.02. The van der Waals surface area contributed by atoms with Crippen molar-refractivity contribution in [2.24, 2.45) is 0 Å². The summed E-state index contributed by atoms with van der Waals surface area (Å²) >= 11 is 0. The Morgan fingerprint density at radius 2 is 0.977 bits per heavy atom. The van der Waals surface area contributed by atoms with Crippen molar-refractivity contribution in [1.29, 1.82) is 0 Å². The Labute approximate surface area is 249 Å². The monoisotopic (exact) mass is 555 g/mol. The first kappa shape index (κ1) is 25.1. The number of nitrogens with zero attached hydrogens (tertiary/aromatic N) is 1. The van der Waals surface area contributed by atoms with Crippen LogP contribution >= 0.6 is 0 Å². The van der Waals surface area contributed by atoms with Gasteiger partial charge in [-0.05, 0) is 99.9 Å². The van der Waals surface area contributed by atoms with Crippen LogP contribution in [0.25, 0.3) is 44.2 Å². The van der Waals surface area contributed by atoms with Gasteiger partial charge in [0.05, 0.1) is 0 Å². The number of anilines is 3. The van der Waals surface area contributed by atoms with Gasteiger partial charge in [-0.1, -0.05) is 91.0 Å². The first-order valence-corrected chi connectivity index (χ1v) is 14.4. The maximum atomic E-state index is 13.4. The number of ether oxygens (including phenoxy) is 1. The minimum absolute atomic E-state index is 0.232. The van der Waals surface area contributed by atoms with Gasteiger partial charge >= 0.3 is 0 Å². The Hall–Kier alpha value is -5.67. The first-order valence-electron chi connectivity index (χ1n) is 14.4. The molecule has 7 aromatic carbocycles. The van der Waals surface area contributed by atoms with Crippen LogP contribution in [0.15, 0.2) is 158 Å². The average molecular weight is 556 g/mol. The molecule has 0 aromatic heterocycles. The maximum absolute atomic E-state index is 13.4. The zero-order valence-corrected chi connectivity index (χ0v) is 23.2. The molecule has 3 heteroatoms. The van der Waals surface area contributed by atoms with Crippen molar-refractivity contribution in [3.63, 3.8) is 0 Å². The van der Waals surface area contributed by atoms with Crippen LogP contribution in [-0.4, -0.2) is 0 Å². The van der Waals surface area contributed by atoms with Gasteiger partial charge in [-0.25, -0.2) is 4.39 Å². The third-order valence-corrected chi connectivity index (χ3v) is 8.13. The molecule has 0 bridgehead atoms. The highest BCUT2D eigenvalue weighted by Gasteiger charge is 2.20. The highest BCUT2D eigenvalue weighted by molar-refractivity contribution is 6.04. The molecule has 0 unspecified atom stereocenters. The van der Waals surface area contributed by atoms with Gasteiger partial charge in [0.1, 0.15) is 17.3 Å². The number of rotatable bonds is 5. The van der Waals surface area contributed by atoms with E-state index in [-0.39, 0.29) is 5.82 Å². The van der Waals surface area contributed by atoms with E-state index in [4.69, 9.17) is 4.74 Å². The highest BCUT2D eigenvalue weighted by Crippen LogP contribution is 2.47. The summed E-state index contributed by atoms with van der Waals surface area (Å²) in [6.07, 6.45) is 0. The molecule has 1 heterocycles. The van der Waals surface area contributed by atoms with Crippen molar-refractivity contribution in [3.05, 3.63) is 164 Å². The molecular weight excluding hydrogens is 529 g/mol. The summed E-state index contributed by atoms with van der Waals surface area (Å²) in [5.74, 6) is 1.54. The smallest absolute Gasteiger partial charge is 0.135 e.